The third-order valence-electron chi connectivity index (χ3n) is 2.89. The molecular formula is C15H13F2NO2. The van der Waals surface area contributed by atoms with E-state index in [0.29, 0.717) is 5.69 Å². The highest BCUT2D eigenvalue weighted by molar-refractivity contribution is 5.86. The smallest absolute Gasteiger partial charge is 0.412 e. The maximum absolute atomic E-state index is 13.6. The Labute approximate surface area is 115 Å². The van der Waals surface area contributed by atoms with Crippen LogP contribution in [0.3, 0.4) is 0 Å². The molecular weight excluding hydrogens is 264 g/mol. The molecule has 0 bridgehead atoms. The molecule has 0 atom stereocenters. The van der Waals surface area contributed by atoms with Crippen molar-refractivity contribution in [3.63, 3.8) is 0 Å². The lowest BCUT2D eigenvalue weighted by molar-refractivity contribution is 0.201. The van der Waals surface area contributed by atoms with Gasteiger partial charge >= 0.3 is 6.09 Å². The van der Waals surface area contributed by atoms with Crippen LogP contribution >= 0.6 is 0 Å². The van der Waals surface area contributed by atoms with E-state index in [4.69, 9.17) is 0 Å². The summed E-state index contributed by atoms with van der Waals surface area (Å²) in [5.41, 5.74) is 1.46. The lowest BCUT2D eigenvalue weighted by atomic mass is 10.1. The minimum Gasteiger partial charge on any atom is -0.465 e. The Morgan fingerprint density at radius 1 is 1.20 bits per heavy atom. The molecule has 0 saturated carbocycles. The Bertz CT molecular complexity index is 644. The van der Waals surface area contributed by atoms with Crippen LogP contribution < -0.4 is 4.90 Å². The average Bonchev–Trinajstić information content (AvgIpc) is 2.37. The summed E-state index contributed by atoms with van der Waals surface area (Å²) < 4.78 is 26.5. The molecule has 0 aromatic heterocycles. The van der Waals surface area contributed by atoms with Crippen molar-refractivity contribution in [3.8, 4) is 0 Å². The highest BCUT2D eigenvalue weighted by atomic mass is 19.1. The molecule has 1 amide bonds. The van der Waals surface area contributed by atoms with Crippen LogP contribution in [0.25, 0.3) is 0 Å². The molecule has 0 spiro atoms. The molecule has 0 aliphatic heterocycles. The lowest BCUT2D eigenvalue weighted by Gasteiger charge is -2.20. The lowest BCUT2D eigenvalue weighted by Crippen LogP contribution is -2.29. The van der Waals surface area contributed by atoms with Crippen LogP contribution in [0.4, 0.5) is 19.3 Å². The highest BCUT2D eigenvalue weighted by Crippen LogP contribution is 2.20. The fourth-order valence-electron chi connectivity index (χ4n) is 1.89. The van der Waals surface area contributed by atoms with Gasteiger partial charge in [0.25, 0.3) is 0 Å². The number of aryl methyl sites for hydroxylation is 1. The molecule has 0 heterocycles. The first-order valence-corrected chi connectivity index (χ1v) is 5.98. The molecule has 2 rings (SSSR count). The zero-order chi connectivity index (χ0) is 14.7. The summed E-state index contributed by atoms with van der Waals surface area (Å²) in [5.74, 6) is -1.45. The van der Waals surface area contributed by atoms with E-state index < -0.39 is 17.7 Å². The number of hydrogen-bond donors (Lipinski definition) is 1. The normalized spacial score (nSPS) is 10.3. The van der Waals surface area contributed by atoms with Crippen LogP contribution in [-0.4, -0.2) is 11.2 Å². The van der Waals surface area contributed by atoms with E-state index >= 15 is 0 Å². The Morgan fingerprint density at radius 3 is 2.55 bits per heavy atom. The van der Waals surface area contributed by atoms with Gasteiger partial charge < -0.3 is 5.11 Å². The van der Waals surface area contributed by atoms with E-state index in [1.54, 1.807) is 18.2 Å². The molecule has 0 unspecified atom stereocenters. The molecule has 104 valence electrons. The summed E-state index contributed by atoms with van der Waals surface area (Å²) in [7, 11) is 0. The summed E-state index contributed by atoms with van der Waals surface area (Å²) in [4.78, 5) is 12.3. The molecule has 0 fully saturated rings. The Morgan fingerprint density at radius 2 is 1.95 bits per heavy atom. The van der Waals surface area contributed by atoms with Crippen LogP contribution in [0, 0.1) is 18.6 Å². The highest BCUT2D eigenvalue weighted by Gasteiger charge is 2.17. The minimum absolute atomic E-state index is 0.121. The predicted octanol–water partition coefficient (Wildman–Crippen LogP) is 3.96. The first-order chi connectivity index (χ1) is 9.47. The van der Waals surface area contributed by atoms with Gasteiger partial charge in [0.05, 0.1) is 6.54 Å². The number of carboxylic acid groups (broad SMARTS) is 1. The second-order valence-corrected chi connectivity index (χ2v) is 4.44. The number of rotatable bonds is 3. The SMILES string of the molecule is Cc1cccc(N(Cc2ccc(F)cc2F)C(=O)O)c1. The largest absolute Gasteiger partial charge is 0.465 e. The van der Waals surface area contributed by atoms with Crippen molar-refractivity contribution in [1.82, 2.24) is 0 Å². The van der Waals surface area contributed by atoms with E-state index in [9.17, 15) is 18.7 Å². The third-order valence-corrected chi connectivity index (χ3v) is 2.89. The summed E-state index contributed by atoms with van der Waals surface area (Å²) in [6.07, 6.45) is -1.20. The number of benzene rings is 2. The maximum Gasteiger partial charge on any atom is 0.412 e. The molecule has 0 radical (unpaired) electrons. The number of carbonyl (C=O) groups is 1. The summed E-state index contributed by atoms with van der Waals surface area (Å²) in [5, 5.41) is 9.25. The van der Waals surface area contributed by atoms with Crippen molar-refractivity contribution in [3.05, 3.63) is 65.2 Å². The second-order valence-electron chi connectivity index (χ2n) is 4.44. The number of hydrogen-bond acceptors (Lipinski definition) is 1. The second kappa shape index (κ2) is 5.69. The molecule has 3 nitrogen and oxygen atoms in total. The van der Waals surface area contributed by atoms with E-state index in [1.165, 1.54) is 6.07 Å². The van der Waals surface area contributed by atoms with Gasteiger partial charge in [-0.25, -0.2) is 13.6 Å². The van der Waals surface area contributed by atoms with Crippen LogP contribution in [0.1, 0.15) is 11.1 Å². The van der Waals surface area contributed by atoms with Gasteiger partial charge in [0.15, 0.2) is 0 Å². The molecule has 0 aliphatic carbocycles. The Hall–Kier alpha value is -2.43. The molecule has 5 heteroatoms. The predicted molar refractivity (Wildman–Crippen MR) is 71.7 cm³/mol. The van der Waals surface area contributed by atoms with Crippen molar-refractivity contribution in [2.45, 2.75) is 13.5 Å². The zero-order valence-electron chi connectivity index (χ0n) is 10.8. The van der Waals surface area contributed by atoms with E-state index in [-0.39, 0.29) is 12.1 Å². The average molecular weight is 277 g/mol. The van der Waals surface area contributed by atoms with E-state index in [0.717, 1.165) is 22.6 Å². The fourth-order valence-corrected chi connectivity index (χ4v) is 1.89. The van der Waals surface area contributed by atoms with Crippen molar-refractivity contribution in [2.75, 3.05) is 4.90 Å². The quantitative estimate of drug-likeness (QED) is 0.922. The molecule has 0 aliphatic rings. The van der Waals surface area contributed by atoms with Crippen LogP contribution in [0.15, 0.2) is 42.5 Å². The summed E-state index contributed by atoms with van der Waals surface area (Å²) in [6, 6.07) is 9.97. The van der Waals surface area contributed by atoms with Crippen LogP contribution in [0.2, 0.25) is 0 Å². The van der Waals surface area contributed by atoms with Gasteiger partial charge in [0.1, 0.15) is 11.6 Å². The number of anilines is 1. The van der Waals surface area contributed by atoms with Gasteiger partial charge in [-0.3, -0.25) is 4.90 Å². The fraction of sp³-hybridized carbons (Fsp3) is 0.133. The standard InChI is InChI=1S/C15H13F2NO2/c1-10-3-2-4-13(7-10)18(15(19)20)9-11-5-6-12(16)8-14(11)17/h2-8H,9H2,1H3,(H,19,20). The topological polar surface area (TPSA) is 40.5 Å². The van der Waals surface area contributed by atoms with Gasteiger partial charge in [0.2, 0.25) is 0 Å². The molecule has 2 aromatic carbocycles. The van der Waals surface area contributed by atoms with E-state index in [2.05, 4.69) is 0 Å². The van der Waals surface area contributed by atoms with Crippen LogP contribution in [0.5, 0.6) is 0 Å². The molecule has 1 N–H and O–H groups in total. The summed E-state index contributed by atoms with van der Waals surface area (Å²) in [6.45, 7) is 1.66. The van der Waals surface area contributed by atoms with Gasteiger partial charge in [-0.2, -0.15) is 0 Å². The molecule has 0 saturated heterocycles. The first kappa shape index (κ1) is 14.0. The Kier molecular flexibility index (Phi) is 3.98. The number of nitrogens with zero attached hydrogens (tertiary/aromatic N) is 1. The number of halogens is 2. The molecule has 2 aromatic rings. The zero-order valence-corrected chi connectivity index (χ0v) is 10.8. The Balaban J connectivity index is 2.33. The van der Waals surface area contributed by atoms with Gasteiger partial charge in [-0.15, -0.1) is 0 Å². The van der Waals surface area contributed by atoms with Crippen molar-refractivity contribution in [1.29, 1.82) is 0 Å². The first-order valence-electron chi connectivity index (χ1n) is 5.98. The van der Waals surface area contributed by atoms with Crippen molar-refractivity contribution >= 4 is 11.8 Å². The number of amides is 1. The van der Waals surface area contributed by atoms with Gasteiger partial charge in [-0.05, 0) is 30.7 Å². The van der Waals surface area contributed by atoms with Crippen molar-refractivity contribution < 1.29 is 18.7 Å². The molecule has 20 heavy (non-hydrogen) atoms. The van der Waals surface area contributed by atoms with Gasteiger partial charge in [0, 0.05) is 17.3 Å². The van der Waals surface area contributed by atoms with E-state index in [1.807, 2.05) is 13.0 Å². The van der Waals surface area contributed by atoms with Gasteiger partial charge in [-0.1, -0.05) is 18.2 Å². The van der Waals surface area contributed by atoms with Crippen LogP contribution in [-0.2, 0) is 6.54 Å². The maximum atomic E-state index is 13.6. The van der Waals surface area contributed by atoms with Crippen molar-refractivity contribution in [2.24, 2.45) is 0 Å². The minimum atomic E-state index is -1.20. The monoisotopic (exact) mass is 277 g/mol. The summed E-state index contributed by atoms with van der Waals surface area (Å²) >= 11 is 0. The third kappa shape index (κ3) is 3.12.